The van der Waals surface area contributed by atoms with Gasteiger partial charge in [-0.25, -0.2) is 18.0 Å². The van der Waals surface area contributed by atoms with Crippen LogP contribution >= 0.6 is 0 Å². The van der Waals surface area contributed by atoms with Crippen molar-refractivity contribution < 1.29 is 64.6 Å². The summed E-state index contributed by atoms with van der Waals surface area (Å²) < 4.78 is 87.8. The van der Waals surface area contributed by atoms with E-state index in [1.54, 1.807) is 78.9 Å². The van der Waals surface area contributed by atoms with Crippen LogP contribution in [0.4, 0.5) is 37.7 Å². The minimum Gasteiger partial charge on any atom is -0.475 e. The third kappa shape index (κ3) is 11.3. The van der Waals surface area contributed by atoms with E-state index in [0.29, 0.717) is 50.6 Å². The molecular weight excluding hydrogens is 702 g/mol. The van der Waals surface area contributed by atoms with Crippen LogP contribution in [0.2, 0.25) is 0 Å². The molecule has 0 radical (unpaired) electrons. The molecule has 0 saturated carbocycles. The van der Waals surface area contributed by atoms with Gasteiger partial charge in [0.2, 0.25) is 0 Å². The zero-order chi connectivity index (χ0) is 38.0. The molecule has 6 N–H and O–H groups in total. The molecule has 0 unspecified atom stereocenters. The maximum Gasteiger partial charge on any atom is 0.490 e. The first kappa shape index (κ1) is 40.2. The molecule has 12 nitrogen and oxygen atoms in total. The molecule has 19 heteroatoms. The van der Waals surface area contributed by atoms with E-state index in [1.165, 1.54) is 12.5 Å². The fourth-order valence-corrected chi connectivity index (χ4v) is 4.81. The Balaban J connectivity index is 0.000000521. The number of nitrogens with two attached hydrogens (primary N) is 1. The van der Waals surface area contributed by atoms with Crippen molar-refractivity contribution in [3.63, 3.8) is 0 Å². The number of rotatable bonds is 6. The second kappa shape index (κ2) is 16.4. The fraction of sp³-hybridized carbons (Fsp3) is 0.129. The highest BCUT2D eigenvalue weighted by atomic mass is 32.2. The van der Waals surface area contributed by atoms with Crippen molar-refractivity contribution in [2.24, 2.45) is 5.16 Å². The average molecular weight is 729 g/mol. The van der Waals surface area contributed by atoms with E-state index in [1.807, 2.05) is 6.92 Å². The van der Waals surface area contributed by atoms with Crippen LogP contribution in [-0.2, 0) is 19.4 Å². The number of oxime groups is 1. The van der Waals surface area contributed by atoms with Crippen molar-refractivity contribution in [3.05, 3.63) is 95.7 Å². The Hall–Kier alpha value is -5.98. The zero-order valence-corrected chi connectivity index (χ0v) is 26.4. The van der Waals surface area contributed by atoms with Crippen molar-refractivity contribution in [2.45, 2.75) is 24.2 Å². The summed E-state index contributed by atoms with van der Waals surface area (Å²) >= 11 is 0. The molecular formula is C31H26F6N4O8S. The van der Waals surface area contributed by atoms with Gasteiger partial charge >= 0.3 is 24.3 Å². The molecule has 0 atom stereocenters. The van der Waals surface area contributed by atoms with E-state index in [2.05, 4.69) is 15.5 Å². The molecule has 0 aliphatic heterocycles. The van der Waals surface area contributed by atoms with E-state index < -0.39 is 40.0 Å². The summed E-state index contributed by atoms with van der Waals surface area (Å²) in [6.45, 7) is 1.81. The lowest BCUT2D eigenvalue weighted by atomic mass is 9.98. The maximum atomic E-state index is 13.3. The first-order valence-electron chi connectivity index (χ1n) is 13.4. The summed E-state index contributed by atoms with van der Waals surface area (Å²) in [6, 6.07) is 22.2. The van der Waals surface area contributed by atoms with E-state index in [0.717, 1.165) is 0 Å². The molecule has 0 aliphatic carbocycles. The van der Waals surface area contributed by atoms with Crippen LogP contribution in [0.15, 0.2) is 88.9 Å². The highest BCUT2D eigenvalue weighted by Gasteiger charge is 2.38. The number of halogens is 6. The molecule has 1 heterocycles. The number of carboxylic acids is 2. The number of alkyl halides is 6. The number of amides is 1. The molecule has 1 aromatic heterocycles. The number of sulfone groups is 1. The van der Waals surface area contributed by atoms with Crippen molar-refractivity contribution >= 4 is 45.3 Å². The summed E-state index contributed by atoms with van der Waals surface area (Å²) in [4.78, 5) is 35.9. The number of nitrogen functional groups attached to an aromatic ring is 1. The number of hydrogen-bond donors (Lipinski definition) is 5. The Morgan fingerprint density at radius 2 is 1.34 bits per heavy atom. The van der Waals surface area contributed by atoms with Crippen molar-refractivity contribution in [2.75, 3.05) is 17.3 Å². The quantitative estimate of drug-likeness (QED) is 0.0511. The van der Waals surface area contributed by atoms with Crippen LogP contribution in [0, 0.1) is 6.92 Å². The number of aryl methyl sites for hydroxylation is 1. The maximum absolute atomic E-state index is 13.3. The van der Waals surface area contributed by atoms with Gasteiger partial charge in [0.15, 0.2) is 9.84 Å². The lowest BCUT2D eigenvalue weighted by Gasteiger charge is -2.14. The summed E-state index contributed by atoms with van der Waals surface area (Å²) in [5.41, 5.74) is 10.7. The van der Waals surface area contributed by atoms with Crippen molar-refractivity contribution in [1.29, 1.82) is 0 Å². The van der Waals surface area contributed by atoms with Crippen LogP contribution in [-0.4, -0.2) is 71.5 Å². The Morgan fingerprint density at radius 3 is 1.84 bits per heavy atom. The first-order chi connectivity index (χ1) is 23.1. The normalized spacial score (nSPS) is 11.4. The van der Waals surface area contributed by atoms with Gasteiger partial charge in [0, 0.05) is 40.0 Å². The summed E-state index contributed by atoms with van der Waals surface area (Å²) in [5, 5.41) is 29.3. The van der Waals surface area contributed by atoms with Gasteiger partial charge < -0.3 is 26.5 Å². The molecule has 0 spiro atoms. The number of nitrogens with zero attached hydrogens (tertiary/aromatic N) is 2. The lowest BCUT2D eigenvalue weighted by molar-refractivity contribution is -0.193. The highest BCUT2D eigenvalue weighted by molar-refractivity contribution is 7.90. The molecule has 0 saturated heterocycles. The zero-order valence-electron chi connectivity index (χ0n) is 25.6. The number of carbonyl (C=O) groups is 3. The second-order valence-corrected chi connectivity index (χ2v) is 11.8. The molecule has 50 heavy (non-hydrogen) atoms. The number of benzene rings is 3. The number of anilines is 2. The van der Waals surface area contributed by atoms with E-state index >= 15 is 0 Å². The molecule has 4 aromatic rings. The summed E-state index contributed by atoms with van der Waals surface area (Å²) in [6.07, 6.45) is -7.78. The van der Waals surface area contributed by atoms with E-state index in [-0.39, 0.29) is 4.90 Å². The number of aromatic nitrogens is 1. The van der Waals surface area contributed by atoms with Crippen LogP contribution in [0.25, 0.3) is 22.4 Å². The van der Waals surface area contributed by atoms with Crippen LogP contribution in [0.3, 0.4) is 0 Å². The first-order valence-corrected chi connectivity index (χ1v) is 15.3. The predicted molar refractivity (Wildman–Crippen MR) is 169 cm³/mol. The Morgan fingerprint density at radius 1 is 0.820 bits per heavy atom. The van der Waals surface area contributed by atoms with Gasteiger partial charge in [0.05, 0.1) is 22.4 Å². The SMILES string of the molecule is Cc1ccc(C(=O)Nc2ccc(-c3ccccc3S(C)(=O)=O)cc2)c(-c2cccc(N)c2C=NO)n1.O=C(O)C(F)(F)F.O=C(O)C(F)(F)F. The molecule has 3 aromatic carbocycles. The number of pyridine rings is 1. The van der Waals surface area contributed by atoms with Gasteiger partial charge in [-0.3, -0.25) is 9.78 Å². The topological polar surface area (TPSA) is 209 Å². The number of nitrogens with one attached hydrogen (secondary N) is 1. The van der Waals surface area contributed by atoms with Crippen LogP contribution in [0.1, 0.15) is 21.6 Å². The van der Waals surface area contributed by atoms with Gasteiger partial charge in [0.25, 0.3) is 5.91 Å². The summed E-state index contributed by atoms with van der Waals surface area (Å²) in [5.74, 6) is -5.91. The van der Waals surface area contributed by atoms with Crippen molar-refractivity contribution in [1.82, 2.24) is 4.98 Å². The molecule has 266 valence electrons. The minimum atomic E-state index is -5.08. The standard InChI is InChI=1S/C27H24N4O4S.2C2HF3O2/c1-17-10-15-22(26(30-17)21-7-5-8-24(28)23(21)16-29-33)27(32)31-19-13-11-18(12-14-19)20-6-3-4-9-25(20)36(2,34)35;2*3-2(4,5)1(6)7/h3-16,33H,28H2,1-2H3,(H,31,32);2*(H,6,7). The minimum absolute atomic E-state index is 0.238. The molecule has 0 aliphatic rings. The van der Waals surface area contributed by atoms with Gasteiger partial charge in [-0.2, -0.15) is 26.3 Å². The van der Waals surface area contributed by atoms with E-state index in [9.17, 15) is 39.6 Å². The highest BCUT2D eigenvalue weighted by Crippen LogP contribution is 2.31. The predicted octanol–water partition coefficient (Wildman–Crippen LogP) is 6.04. The number of carbonyl (C=O) groups excluding carboxylic acids is 1. The molecule has 4 rings (SSSR count). The van der Waals surface area contributed by atoms with Crippen LogP contribution < -0.4 is 11.1 Å². The Bertz CT molecular complexity index is 1980. The Labute approximate surface area is 279 Å². The third-order valence-electron chi connectivity index (χ3n) is 6.09. The van der Waals surface area contributed by atoms with E-state index in [4.69, 9.17) is 30.7 Å². The van der Waals surface area contributed by atoms with Gasteiger partial charge in [0.1, 0.15) is 0 Å². The number of carboxylic acid groups (broad SMARTS) is 2. The van der Waals surface area contributed by atoms with Gasteiger partial charge in [-0.15, -0.1) is 0 Å². The number of aliphatic carboxylic acids is 2. The molecule has 0 fully saturated rings. The second-order valence-electron chi connectivity index (χ2n) is 9.81. The monoisotopic (exact) mass is 728 g/mol. The third-order valence-corrected chi connectivity index (χ3v) is 7.24. The fourth-order valence-electron chi connectivity index (χ4n) is 3.90. The lowest BCUT2D eigenvalue weighted by Crippen LogP contribution is -2.21. The van der Waals surface area contributed by atoms with Crippen LogP contribution in [0.5, 0.6) is 0 Å². The smallest absolute Gasteiger partial charge is 0.475 e. The van der Waals surface area contributed by atoms with Gasteiger partial charge in [-0.05, 0) is 48.9 Å². The van der Waals surface area contributed by atoms with Gasteiger partial charge in [-0.1, -0.05) is 47.6 Å². The Kier molecular flexibility index (Phi) is 13.2. The summed E-state index contributed by atoms with van der Waals surface area (Å²) in [7, 11) is -3.40. The van der Waals surface area contributed by atoms with Crippen molar-refractivity contribution in [3.8, 4) is 22.4 Å². The average Bonchev–Trinajstić information content (AvgIpc) is 3.01. The molecule has 0 bridgehead atoms. The largest absolute Gasteiger partial charge is 0.490 e. The molecule has 1 amide bonds. The number of hydrogen-bond acceptors (Lipinski definition) is 9.